The number of hydrogen-bond donors (Lipinski definition) is 1. The lowest BCUT2D eigenvalue weighted by Crippen LogP contribution is -2.27. The van der Waals surface area contributed by atoms with Gasteiger partial charge in [-0.15, -0.1) is 0 Å². The molecule has 2 aromatic rings. The number of aromatic nitrogens is 1. The zero-order valence-corrected chi connectivity index (χ0v) is 12.3. The molecular formula is C14H17N3O2S. The summed E-state index contributed by atoms with van der Waals surface area (Å²) in [6.07, 6.45) is 3.12. The van der Waals surface area contributed by atoms with E-state index in [1.165, 1.54) is 11.4 Å². The van der Waals surface area contributed by atoms with Gasteiger partial charge in [-0.05, 0) is 36.2 Å². The van der Waals surface area contributed by atoms with Crippen molar-refractivity contribution in [1.82, 2.24) is 4.98 Å². The Labute approximate surface area is 119 Å². The number of anilines is 1. The number of pyridine rings is 1. The zero-order chi connectivity index (χ0) is 14.8. The van der Waals surface area contributed by atoms with Gasteiger partial charge in [0.15, 0.2) is 0 Å². The van der Waals surface area contributed by atoms with Crippen LogP contribution in [0.4, 0.5) is 5.69 Å². The van der Waals surface area contributed by atoms with E-state index in [0.29, 0.717) is 17.8 Å². The number of hydrogen-bond acceptors (Lipinski definition) is 4. The number of nitrogens with zero attached hydrogens (tertiary/aromatic N) is 2. The van der Waals surface area contributed by atoms with Gasteiger partial charge in [0, 0.05) is 26.0 Å². The van der Waals surface area contributed by atoms with Gasteiger partial charge in [-0.25, -0.2) is 8.42 Å². The number of benzene rings is 1. The highest BCUT2D eigenvalue weighted by molar-refractivity contribution is 7.92. The van der Waals surface area contributed by atoms with E-state index in [0.717, 1.165) is 5.56 Å². The molecule has 0 amide bonds. The molecule has 6 heteroatoms. The van der Waals surface area contributed by atoms with Gasteiger partial charge in [0.05, 0.1) is 10.6 Å². The zero-order valence-electron chi connectivity index (χ0n) is 11.4. The van der Waals surface area contributed by atoms with Gasteiger partial charge in [-0.2, -0.15) is 0 Å². The summed E-state index contributed by atoms with van der Waals surface area (Å²) in [5, 5.41) is 0. The Morgan fingerprint density at radius 3 is 2.40 bits per heavy atom. The van der Waals surface area contributed by atoms with Crippen LogP contribution < -0.4 is 10.0 Å². The molecule has 0 bridgehead atoms. The first-order valence-corrected chi connectivity index (χ1v) is 7.59. The van der Waals surface area contributed by atoms with Crippen molar-refractivity contribution >= 4 is 15.7 Å². The number of nitrogens with two attached hydrogens (primary N) is 1. The van der Waals surface area contributed by atoms with Crippen LogP contribution in [0.3, 0.4) is 0 Å². The molecule has 0 atom stereocenters. The summed E-state index contributed by atoms with van der Waals surface area (Å²) < 4.78 is 26.5. The van der Waals surface area contributed by atoms with E-state index in [9.17, 15) is 8.42 Å². The SMILES string of the molecule is Cc1cc(CN)ccc1S(=O)(=O)N(C)c1ccncc1. The van der Waals surface area contributed by atoms with E-state index in [-0.39, 0.29) is 4.90 Å². The summed E-state index contributed by atoms with van der Waals surface area (Å²) in [7, 11) is -2.05. The molecule has 1 heterocycles. The summed E-state index contributed by atoms with van der Waals surface area (Å²) >= 11 is 0. The normalized spacial score (nSPS) is 11.3. The van der Waals surface area contributed by atoms with Gasteiger partial charge >= 0.3 is 0 Å². The molecule has 2 rings (SSSR count). The first kappa shape index (κ1) is 14.5. The lowest BCUT2D eigenvalue weighted by Gasteiger charge is -2.20. The van der Waals surface area contributed by atoms with Crippen molar-refractivity contribution < 1.29 is 8.42 Å². The van der Waals surface area contributed by atoms with Gasteiger partial charge in [0.25, 0.3) is 10.0 Å². The monoisotopic (exact) mass is 291 g/mol. The van der Waals surface area contributed by atoms with Crippen LogP contribution in [-0.2, 0) is 16.6 Å². The third kappa shape index (κ3) is 2.66. The van der Waals surface area contributed by atoms with E-state index < -0.39 is 10.0 Å². The lowest BCUT2D eigenvalue weighted by atomic mass is 10.1. The molecule has 1 aromatic heterocycles. The molecule has 0 aliphatic rings. The maximum absolute atomic E-state index is 12.6. The van der Waals surface area contributed by atoms with E-state index in [1.54, 1.807) is 49.6 Å². The van der Waals surface area contributed by atoms with Crippen molar-refractivity contribution in [2.24, 2.45) is 5.73 Å². The number of rotatable bonds is 4. The van der Waals surface area contributed by atoms with E-state index >= 15 is 0 Å². The van der Waals surface area contributed by atoms with Crippen LogP contribution in [0, 0.1) is 6.92 Å². The van der Waals surface area contributed by atoms with Crippen molar-refractivity contribution in [2.75, 3.05) is 11.4 Å². The molecule has 5 nitrogen and oxygen atoms in total. The smallest absolute Gasteiger partial charge is 0.264 e. The minimum atomic E-state index is -3.58. The second kappa shape index (κ2) is 5.60. The van der Waals surface area contributed by atoms with Crippen LogP contribution in [0.25, 0.3) is 0 Å². The lowest BCUT2D eigenvalue weighted by molar-refractivity contribution is 0.593. The fraction of sp³-hybridized carbons (Fsp3) is 0.214. The Hall–Kier alpha value is -1.92. The van der Waals surface area contributed by atoms with Crippen molar-refractivity contribution in [3.8, 4) is 0 Å². The average molecular weight is 291 g/mol. The molecular weight excluding hydrogens is 274 g/mol. The van der Waals surface area contributed by atoms with E-state index in [2.05, 4.69) is 4.98 Å². The summed E-state index contributed by atoms with van der Waals surface area (Å²) in [6.45, 7) is 2.16. The quantitative estimate of drug-likeness (QED) is 0.929. The standard InChI is InChI=1S/C14H17N3O2S/c1-11-9-12(10-15)3-4-14(11)20(18,19)17(2)13-5-7-16-8-6-13/h3-9H,10,15H2,1-2H3. The topological polar surface area (TPSA) is 76.3 Å². The third-order valence-corrected chi connectivity index (χ3v) is 5.09. The molecule has 0 aliphatic heterocycles. The van der Waals surface area contributed by atoms with Crippen LogP contribution in [0.15, 0.2) is 47.6 Å². The molecule has 0 radical (unpaired) electrons. The maximum Gasteiger partial charge on any atom is 0.264 e. The van der Waals surface area contributed by atoms with Gasteiger partial charge in [-0.1, -0.05) is 12.1 Å². The predicted molar refractivity (Wildman–Crippen MR) is 78.9 cm³/mol. The van der Waals surface area contributed by atoms with Crippen molar-refractivity contribution in [3.63, 3.8) is 0 Å². The van der Waals surface area contributed by atoms with Gasteiger partial charge < -0.3 is 5.73 Å². The Morgan fingerprint density at radius 1 is 1.20 bits per heavy atom. The minimum Gasteiger partial charge on any atom is -0.326 e. The predicted octanol–water partition coefficient (Wildman–Crippen LogP) is 1.67. The largest absolute Gasteiger partial charge is 0.326 e. The molecule has 0 fully saturated rings. The Bertz CT molecular complexity index is 700. The third-order valence-electron chi connectivity index (χ3n) is 3.14. The number of aryl methyl sites for hydroxylation is 1. The first-order chi connectivity index (χ1) is 9.46. The molecule has 2 N–H and O–H groups in total. The number of sulfonamides is 1. The van der Waals surface area contributed by atoms with Gasteiger partial charge in [0.2, 0.25) is 0 Å². The first-order valence-electron chi connectivity index (χ1n) is 6.15. The molecule has 0 unspecified atom stereocenters. The summed E-state index contributed by atoms with van der Waals surface area (Å²) in [4.78, 5) is 4.17. The van der Waals surface area contributed by atoms with Crippen molar-refractivity contribution in [1.29, 1.82) is 0 Å². The maximum atomic E-state index is 12.6. The molecule has 0 aliphatic carbocycles. The molecule has 1 aromatic carbocycles. The molecule has 0 saturated heterocycles. The van der Waals surface area contributed by atoms with Gasteiger partial charge in [0.1, 0.15) is 0 Å². The van der Waals surface area contributed by atoms with Crippen LogP contribution >= 0.6 is 0 Å². The average Bonchev–Trinajstić information content (AvgIpc) is 2.46. The van der Waals surface area contributed by atoms with Crippen LogP contribution in [0.2, 0.25) is 0 Å². The molecule has 0 spiro atoms. The highest BCUT2D eigenvalue weighted by Crippen LogP contribution is 2.24. The van der Waals surface area contributed by atoms with Gasteiger partial charge in [-0.3, -0.25) is 9.29 Å². The van der Waals surface area contributed by atoms with Crippen LogP contribution in [0.1, 0.15) is 11.1 Å². The second-order valence-electron chi connectivity index (χ2n) is 4.48. The highest BCUT2D eigenvalue weighted by Gasteiger charge is 2.23. The summed E-state index contributed by atoms with van der Waals surface area (Å²) in [6, 6.07) is 8.44. The van der Waals surface area contributed by atoms with E-state index in [4.69, 9.17) is 5.73 Å². The fourth-order valence-corrected chi connectivity index (χ4v) is 3.37. The van der Waals surface area contributed by atoms with Crippen molar-refractivity contribution in [2.45, 2.75) is 18.4 Å². The van der Waals surface area contributed by atoms with Crippen LogP contribution in [-0.4, -0.2) is 20.4 Å². The van der Waals surface area contributed by atoms with Crippen molar-refractivity contribution in [3.05, 3.63) is 53.9 Å². The minimum absolute atomic E-state index is 0.286. The molecule has 20 heavy (non-hydrogen) atoms. The highest BCUT2D eigenvalue weighted by atomic mass is 32.2. The Morgan fingerprint density at radius 2 is 1.85 bits per heavy atom. The summed E-state index contributed by atoms with van der Waals surface area (Å²) in [5.41, 5.74) is 7.73. The van der Waals surface area contributed by atoms with E-state index in [1.807, 2.05) is 0 Å². The Balaban J connectivity index is 2.45. The molecule has 0 saturated carbocycles. The summed E-state index contributed by atoms with van der Waals surface area (Å²) in [5.74, 6) is 0. The molecule has 106 valence electrons. The van der Waals surface area contributed by atoms with Crippen LogP contribution in [0.5, 0.6) is 0 Å². The fourth-order valence-electron chi connectivity index (χ4n) is 1.97. The second-order valence-corrected chi connectivity index (χ2v) is 6.42. The Kier molecular flexibility index (Phi) is 4.06.